The lowest BCUT2D eigenvalue weighted by Crippen LogP contribution is -2.54. The third-order valence-corrected chi connectivity index (χ3v) is 4.24. The normalized spacial score (nSPS) is 18.8. The number of amides is 1. The van der Waals surface area contributed by atoms with E-state index < -0.39 is 17.5 Å². The summed E-state index contributed by atoms with van der Waals surface area (Å²) in [5.41, 5.74) is -0.608. The van der Waals surface area contributed by atoms with Crippen molar-refractivity contribution in [1.82, 2.24) is 10.2 Å². The van der Waals surface area contributed by atoms with Crippen molar-refractivity contribution in [1.29, 1.82) is 0 Å². The summed E-state index contributed by atoms with van der Waals surface area (Å²) >= 11 is 0. The van der Waals surface area contributed by atoms with Crippen LogP contribution in [-0.2, 0) is 0 Å². The van der Waals surface area contributed by atoms with Gasteiger partial charge in [-0.2, -0.15) is 0 Å². The Labute approximate surface area is 124 Å². The topological polar surface area (TPSA) is 32.3 Å². The molecule has 1 aliphatic heterocycles. The Kier molecular flexibility index (Phi) is 4.61. The smallest absolute Gasteiger partial charge is 0.254 e. The number of rotatable bonds is 3. The highest BCUT2D eigenvalue weighted by Gasteiger charge is 2.33. The number of likely N-dealkylation sites (tertiary alicyclic amines) is 1. The molecule has 1 saturated heterocycles. The zero-order valence-electron chi connectivity index (χ0n) is 12.7. The van der Waals surface area contributed by atoms with Gasteiger partial charge in [-0.15, -0.1) is 0 Å². The molecule has 1 N–H and O–H groups in total. The van der Waals surface area contributed by atoms with Gasteiger partial charge in [-0.3, -0.25) is 4.79 Å². The molecule has 0 unspecified atom stereocenters. The summed E-state index contributed by atoms with van der Waals surface area (Å²) in [7, 11) is 0. The molecular weight excluding hydrogens is 274 g/mol. The third kappa shape index (κ3) is 3.59. The average molecular weight is 296 g/mol. The second kappa shape index (κ2) is 6.10. The first-order chi connectivity index (χ1) is 9.82. The van der Waals surface area contributed by atoms with Crippen LogP contribution in [0.2, 0.25) is 0 Å². The Morgan fingerprint density at radius 1 is 1.29 bits per heavy atom. The van der Waals surface area contributed by atoms with Gasteiger partial charge in [0.25, 0.3) is 5.91 Å². The van der Waals surface area contributed by atoms with Crippen LogP contribution < -0.4 is 5.32 Å². The lowest BCUT2D eigenvalue weighted by molar-refractivity contribution is 0.0797. The van der Waals surface area contributed by atoms with Crippen LogP contribution >= 0.6 is 0 Å². The molecule has 21 heavy (non-hydrogen) atoms. The van der Waals surface area contributed by atoms with Crippen LogP contribution in [0.5, 0.6) is 0 Å². The number of piperidine rings is 1. The average Bonchev–Trinajstić information content (AvgIpc) is 2.41. The van der Waals surface area contributed by atoms with E-state index in [9.17, 15) is 13.6 Å². The van der Waals surface area contributed by atoms with Crippen LogP contribution in [0.25, 0.3) is 0 Å². The van der Waals surface area contributed by atoms with E-state index in [0.29, 0.717) is 6.04 Å². The van der Waals surface area contributed by atoms with E-state index in [0.717, 1.165) is 32.0 Å². The highest BCUT2D eigenvalue weighted by molar-refractivity contribution is 5.95. The summed E-state index contributed by atoms with van der Waals surface area (Å²) in [6, 6.07) is 4.14. The number of benzene rings is 1. The van der Waals surface area contributed by atoms with Crippen molar-refractivity contribution < 1.29 is 13.6 Å². The first-order valence-electron chi connectivity index (χ1n) is 7.33. The lowest BCUT2D eigenvalue weighted by Gasteiger charge is -2.41. The van der Waals surface area contributed by atoms with Crippen LogP contribution in [0.4, 0.5) is 8.78 Å². The van der Waals surface area contributed by atoms with E-state index in [1.807, 2.05) is 6.92 Å². The SMILES string of the molecule is CC(C)N1CCC(C)(NC(=O)c2cccc(F)c2F)CC1. The summed E-state index contributed by atoms with van der Waals surface area (Å²) in [6.45, 7) is 8.02. The number of carbonyl (C=O) groups is 1. The summed E-state index contributed by atoms with van der Waals surface area (Å²) in [5.74, 6) is -2.63. The molecule has 0 spiro atoms. The van der Waals surface area contributed by atoms with E-state index in [-0.39, 0.29) is 11.1 Å². The van der Waals surface area contributed by atoms with E-state index in [2.05, 4.69) is 24.1 Å². The van der Waals surface area contributed by atoms with Gasteiger partial charge < -0.3 is 10.2 Å². The van der Waals surface area contributed by atoms with Gasteiger partial charge in [-0.25, -0.2) is 8.78 Å². The molecule has 1 amide bonds. The van der Waals surface area contributed by atoms with Gasteiger partial charge in [0.05, 0.1) is 5.56 Å². The van der Waals surface area contributed by atoms with Gasteiger partial charge in [0.2, 0.25) is 0 Å². The second-order valence-corrected chi connectivity index (χ2v) is 6.25. The first-order valence-corrected chi connectivity index (χ1v) is 7.33. The maximum Gasteiger partial charge on any atom is 0.254 e. The second-order valence-electron chi connectivity index (χ2n) is 6.25. The van der Waals surface area contributed by atoms with E-state index in [4.69, 9.17) is 0 Å². The van der Waals surface area contributed by atoms with Crippen molar-refractivity contribution in [2.75, 3.05) is 13.1 Å². The Hall–Kier alpha value is -1.49. The number of halogens is 2. The van der Waals surface area contributed by atoms with Crippen molar-refractivity contribution in [2.45, 2.75) is 45.2 Å². The minimum Gasteiger partial charge on any atom is -0.347 e. The zero-order chi connectivity index (χ0) is 15.6. The lowest BCUT2D eigenvalue weighted by atomic mass is 9.88. The molecule has 0 saturated carbocycles. The van der Waals surface area contributed by atoms with Gasteiger partial charge in [0.15, 0.2) is 11.6 Å². The number of carbonyl (C=O) groups excluding carboxylic acids is 1. The maximum atomic E-state index is 13.7. The number of nitrogens with one attached hydrogen (secondary N) is 1. The summed E-state index contributed by atoms with van der Waals surface area (Å²) in [4.78, 5) is 14.5. The van der Waals surface area contributed by atoms with Gasteiger partial charge >= 0.3 is 0 Å². The minimum absolute atomic E-state index is 0.234. The number of hydrogen-bond donors (Lipinski definition) is 1. The molecule has 0 bridgehead atoms. The van der Waals surface area contributed by atoms with E-state index >= 15 is 0 Å². The van der Waals surface area contributed by atoms with Crippen LogP contribution in [0.1, 0.15) is 44.0 Å². The third-order valence-electron chi connectivity index (χ3n) is 4.24. The Morgan fingerprint density at radius 2 is 1.90 bits per heavy atom. The fourth-order valence-electron chi connectivity index (χ4n) is 2.68. The fraction of sp³-hybridized carbons (Fsp3) is 0.562. The molecule has 116 valence electrons. The standard InChI is InChI=1S/C16H22F2N2O/c1-11(2)20-9-7-16(3,8-10-20)19-15(21)12-5-4-6-13(17)14(12)18/h4-6,11H,7-10H2,1-3H3,(H,19,21). The molecular formula is C16H22F2N2O. The molecule has 1 aromatic rings. The predicted octanol–water partition coefficient (Wildman–Crippen LogP) is 2.96. The van der Waals surface area contributed by atoms with Gasteiger partial charge in [-0.05, 0) is 45.7 Å². The summed E-state index contributed by atoms with van der Waals surface area (Å²) in [6.07, 6.45) is 1.60. The number of nitrogens with zero attached hydrogens (tertiary/aromatic N) is 1. The Bertz CT molecular complexity index is 523. The molecule has 1 heterocycles. The van der Waals surface area contributed by atoms with E-state index in [1.54, 1.807) is 0 Å². The van der Waals surface area contributed by atoms with Crippen molar-refractivity contribution in [3.63, 3.8) is 0 Å². The van der Waals surface area contributed by atoms with Crippen LogP contribution in [0.3, 0.4) is 0 Å². The largest absolute Gasteiger partial charge is 0.347 e. The van der Waals surface area contributed by atoms with Crippen LogP contribution in [-0.4, -0.2) is 35.5 Å². The first kappa shape index (κ1) is 15.9. The number of hydrogen-bond acceptors (Lipinski definition) is 2. The van der Waals surface area contributed by atoms with Crippen molar-refractivity contribution in [2.24, 2.45) is 0 Å². The molecule has 1 aromatic carbocycles. The monoisotopic (exact) mass is 296 g/mol. The van der Waals surface area contributed by atoms with Crippen molar-refractivity contribution in [3.05, 3.63) is 35.4 Å². The quantitative estimate of drug-likeness (QED) is 0.930. The molecule has 1 fully saturated rings. The highest BCUT2D eigenvalue weighted by Crippen LogP contribution is 2.24. The van der Waals surface area contributed by atoms with Gasteiger partial charge in [0, 0.05) is 24.7 Å². The molecule has 3 nitrogen and oxygen atoms in total. The highest BCUT2D eigenvalue weighted by atomic mass is 19.2. The summed E-state index contributed by atoms with van der Waals surface area (Å²) < 4.78 is 26.8. The maximum absolute atomic E-state index is 13.7. The predicted molar refractivity (Wildman–Crippen MR) is 78.2 cm³/mol. The van der Waals surface area contributed by atoms with E-state index in [1.165, 1.54) is 12.1 Å². The minimum atomic E-state index is -1.08. The van der Waals surface area contributed by atoms with Gasteiger partial charge in [-0.1, -0.05) is 6.07 Å². The fourth-order valence-corrected chi connectivity index (χ4v) is 2.68. The molecule has 0 radical (unpaired) electrons. The molecule has 5 heteroatoms. The zero-order valence-corrected chi connectivity index (χ0v) is 12.7. The molecule has 2 rings (SSSR count). The molecule has 0 atom stereocenters. The van der Waals surface area contributed by atoms with Gasteiger partial charge in [0.1, 0.15) is 0 Å². The van der Waals surface area contributed by atoms with Crippen LogP contribution in [0.15, 0.2) is 18.2 Å². The van der Waals surface area contributed by atoms with Crippen molar-refractivity contribution in [3.8, 4) is 0 Å². The summed E-state index contributed by atoms with van der Waals surface area (Å²) in [5, 5.41) is 2.87. The molecule has 0 aromatic heterocycles. The molecule has 1 aliphatic rings. The Morgan fingerprint density at radius 3 is 2.48 bits per heavy atom. The molecule has 0 aliphatic carbocycles. The Balaban J connectivity index is 2.04. The van der Waals surface area contributed by atoms with Crippen LogP contribution in [0, 0.1) is 11.6 Å². The van der Waals surface area contributed by atoms with Crippen molar-refractivity contribution >= 4 is 5.91 Å².